The lowest BCUT2D eigenvalue weighted by molar-refractivity contribution is 0.195. The molecule has 1 aliphatic carbocycles. The molecule has 0 radical (unpaired) electrons. The van der Waals surface area contributed by atoms with Crippen molar-refractivity contribution in [2.24, 2.45) is 0 Å². The van der Waals surface area contributed by atoms with E-state index in [0.717, 1.165) is 68.1 Å². The minimum atomic E-state index is -2.24. The predicted molar refractivity (Wildman–Crippen MR) is 300 cm³/mol. The lowest BCUT2D eigenvalue weighted by atomic mass is 9.33. The van der Waals surface area contributed by atoms with Crippen molar-refractivity contribution in [3.05, 3.63) is 188 Å². The second-order valence-electron chi connectivity index (χ2n) is 21.9. The Balaban J connectivity index is 1.02. The average Bonchev–Trinajstić information content (AvgIpc) is 4.03. The molecule has 0 N–H and O–H groups in total. The number of hydrogen-bond acceptors (Lipinski definition) is 5. The summed E-state index contributed by atoms with van der Waals surface area (Å²) in [4.78, 5) is 7.99. The Morgan fingerprint density at radius 1 is 0.437 bits per heavy atom. The maximum Gasteiger partial charge on any atom is 0.251 e. The summed E-state index contributed by atoms with van der Waals surface area (Å²) >= 11 is 0. The van der Waals surface area contributed by atoms with E-state index in [9.17, 15) is 0 Å². The van der Waals surface area contributed by atoms with Gasteiger partial charge in [0, 0.05) is 84.6 Å². The second-order valence-corrected chi connectivity index (χ2v) is 26.2. The molecule has 2 atom stereocenters. The van der Waals surface area contributed by atoms with E-state index in [4.69, 9.17) is 8.83 Å². The van der Waals surface area contributed by atoms with Gasteiger partial charge in [-0.1, -0.05) is 140 Å². The van der Waals surface area contributed by atoms with Crippen LogP contribution in [-0.4, -0.2) is 20.3 Å². The summed E-state index contributed by atoms with van der Waals surface area (Å²) in [6.45, 7) is 10.3. The fourth-order valence-corrected chi connectivity index (χ4v) is 17.9. The van der Waals surface area contributed by atoms with Crippen molar-refractivity contribution in [1.82, 2.24) is 0 Å². The first kappa shape index (κ1) is 40.0. The Morgan fingerprint density at radius 3 is 1.59 bits per heavy atom. The monoisotopic (exact) mass is 931 g/mol. The van der Waals surface area contributed by atoms with E-state index in [-0.39, 0.29) is 17.7 Å². The van der Waals surface area contributed by atoms with Crippen LogP contribution in [0.4, 0.5) is 45.5 Å². The lowest BCUT2D eigenvalue weighted by Crippen LogP contribution is -2.79. The molecule has 2 unspecified atom stereocenters. The van der Waals surface area contributed by atoms with Crippen molar-refractivity contribution < 1.29 is 8.83 Å². The van der Waals surface area contributed by atoms with Crippen LogP contribution in [0, 0.1) is 0 Å². The molecular weight excluding hydrogens is 882 g/mol. The summed E-state index contributed by atoms with van der Waals surface area (Å²) in [5.41, 5.74) is 21.3. The SMILES string of the molecule is CC12CCCCC1(C)N(c1cc3c4c(c1)N(c1ccc5c(c1)oc1ccccc15)c1cccc5c1B4c1c(cccc1[Si]5(C)C)N3c1ccc3c(c1)oc1ccccc13)c1ccc(-c3ccccc3)cc12. The molecule has 4 aliphatic heterocycles. The molecule has 0 amide bonds. The zero-order valence-electron chi connectivity index (χ0n) is 40.4. The normalized spacial score (nSPS) is 20.0. The van der Waals surface area contributed by atoms with Gasteiger partial charge in [0.1, 0.15) is 30.4 Å². The van der Waals surface area contributed by atoms with Gasteiger partial charge in [-0.05, 0) is 126 Å². The number of para-hydroxylation sites is 2. The first-order chi connectivity index (χ1) is 34.7. The van der Waals surface area contributed by atoms with Gasteiger partial charge in [-0.3, -0.25) is 0 Å². The van der Waals surface area contributed by atoms with Crippen LogP contribution in [0.1, 0.15) is 45.1 Å². The fraction of sp³-hybridized carbons (Fsp3) is 0.156. The molecule has 5 aliphatic rings. The van der Waals surface area contributed by atoms with E-state index >= 15 is 0 Å². The van der Waals surface area contributed by atoms with Crippen molar-refractivity contribution in [3.63, 3.8) is 0 Å². The van der Waals surface area contributed by atoms with Crippen LogP contribution in [0.3, 0.4) is 0 Å². The van der Waals surface area contributed by atoms with Crippen LogP contribution in [0.25, 0.3) is 55.0 Å². The second kappa shape index (κ2) is 13.8. The zero-order valence-corrected chi connectivity index (χ0v) is 41.4. The highest BCUT2D eigenvalue weighted by molar-refractivity contribution is 7.16. The van der Waals surface area contributed by atoms with Crippen LogP contribution in [0.5, 0.6) is 0 Å². The highest BCUT2D eigenvalue weighted by atomic mass is 28.3. The highest BCUT2D eigenvalue weighted by Crippen LogP contribution is 2.62. The Morgan fingerprint density at radius 2 is 0.986 bits per heavy atom. The quantitative estimate of drug-likeness (QED) is 0.164. The molecule has 0 spiro atoms. The van der Waals surface area contributed by atoms with Crippen LogP contribution < -0.4 is 41.5 Å². The highest BCUT2D eigenvalue weighted by Gasteiger charge is 2.59. The van der Waals surface area contributed by atoms with Crippen molar-refractivity contribution >= 4 is 131 Å². The van der Waals surface area contributed by atoms with E-state index in [0.29, 0.717) is 0 Å². The number of rotatable bonds is 4. The van der Waals surface area contributed by atoms with Crippen LogP contribution >= 0.6 is 0 Å². The first-order valence-corrected chi connectivity index (χ1v) is 28.6. The molecule has 9 aromatic carbocycles. The van der Waals surface area contributed by atoms with E-state index in [1.54, 1.807) is 0 Å². The summed E-state index contributed by atoms with van der Waals surface area (Å²) < 4.78 is 13.4. The molecule has 71 heavy (non-hydrogen) atoms. The van der Waals surface area contributed by atoms with Gasteiger partial charge >= 0.3 is 0 Å². The van der Waals surface area contributed by atoms with E-state index in [1.807, 2.05) is 0 Å². The Labute approximate surface area is 414 Å². The third-order valence-corrected chi connectivity index (χ3v) is 21.7. The van der Waals surface area contributed by atoms with E-state index in [2.05, 4.69) is 224 Å². The van der Waals surface area contributed by atoms with Crippen LogP contribution in [0.15, 0.2) is 191 Å². The lowest BCUT2D eigenvalue weighted by Gasteiger charge is -2.52. The van der Waals surface area contributed by atoms with Crippen molar-refractivity contribution in [2.45, 2.75) is 63.6 Å². The van der Waals surface area contributed by atoms with Gasteiger partial charge in [0.2, 0.25) is 0 Å². The summed E-state index contributed by atoms with van der Waals surface area (Å²) in [7, 11) is -2.24. The van der Waals surface area contributed by atoms with Crippen LogP contribution in [0.2, 0.25) is 13.1 Å². The standard InChI is InChI=1S/C64H50BN3O2Si/c1-63-32-12-13-33-64(63,2)68(49-31-26-40(34-48(49)63)39-16-6-5-7-17-39)43-35-52-60-53(36-43)67(42-28-30-47-45-19-9-11-23-55(45)70-57(47)38-42)51-21-15-25-59-62(51)65(60)61-50(20-14-24-58(61)71(59,3)4)66(52)41-27-29-46-44-18-8-10-22-54(44)69-56(46)37-41/h5-11,14-31,34-38H,12-13,32-33H2,1-4H3. The smallest absolute Gasteiger partial charge is 0.251 e. The molecule has 2 aromatic heterocycles. The maximum absolute atomic E-state index is 6.71. The van der Waals surface area contributed by atoms with Gasteiger partial charge in [-0.15, -0.1) is 0 Å². The minimum absolute atomic E-state index is 0.0548. The predicted octanol–water partition coefficient (Wildman–Crippen LogP) is 14.1. The Bertz CT molecular complexity index is 3940. The average molecular weight is 932 g/mol. The fourth-order valence-electron chi connectivity index (χ4n) is 14.6. The van der Waals surface area contributed by atoms with Gasteiger partial charge in [-0.25, -0.2) is 0 Å². The molecule has 1 saturated carbocycles. The number of fused-ring (bicyclic) bond motifs is 9. The number of anilines is 8. The van der Waals surface area contributed by atoms with Crippen LogP contribution in [-0.2, 0) is 5.41 Å². The van der Waals surface area contributed by atoms with Gasteiger partial charge in [0.05, 0.1) is 5.54 Å². The van der Waals surface area contributed by atoms with Crippen molar-refractivity contribution in [2.75, 3.05) is 14.7 Å². The molecule has 340 valence electrons. The summed E-state index contributed by atoms with van der Waals surface area (Å²) in [6, 6.07) is 68.5. The summed E-state index contributed by atoms with van der Waals surface area (Å²) in [5, 5.41) is 7.60. The molecule has 7 heteroatoms. The van der Waals surface area contributed by atoms with Gasteiger partial charge < -0.3 is 23.5 Å². The molecule has 11 aromatic rings. The number of benzene rings is 9. The largest absolute Gasteiger partial charge is 0.456 e. The third kappa shape index (κ3) is 5.07. The first-order valence-electron chi connectivity index (χ1n) is 25.6. The number of furan rings is 2. The maximum atomic E-state index is 6.71. The Kier molecular flexibility index (Phi) is 7.77. The van der Waals surface area contributed by atoms with Gasteiger partial charge in [-0.2, -0.15) is 0 Å². The van der Waals surface area contributed by atoms with Gasteiger partial charge in [0.25, 0.3) is 6.71 Å². The van der Waals surface area contributed by atoms with Crippen molar-refractivity contribution in [3.8, 4) is 11.1 Å². The Hall–Kier alpha value is -7.74. The molecule has 1 fully saturated rings. The third-order valence-electron chi connectivity index (χ3n) is 18.2. The molecule has 5 nitrogen and oxygen atoms in total. The van der Waals surface area contributed by atoms with Crippen molar-refractivity contribution in [1.29, 1.82) is 0 Å². The molecular formula is C64H50BN3O2Si. The minimum Gasteiger partial charge on any atom is -0.456 e. The molecule has 16 rings (SSSR count). The van der Waals surface area contributed by atoms with E-state index in [1.165, 1.54) is 90.4 Å². The number of nitrogens with zero attached hydrogens (tertiary/aromatic N) is 3. The summed E-state index contributed by atoms with van der Waals surface area (Å²) in [5.74, 6) is 0. The summed E-state index contributed by atoms with van der Waals surface area (Å²) in [6.07, 6.45) is 4.66. The molecule has 0 saturated heterocycles. The van der Waals surface area contributed by atoms with E-state index < -0.39 is 8.07 Å². The topological polar surface area (TPSA) is 36.0 Å². The number of hydrogen-bond donors (Lipinski definition) is 0. The van der Waals surface area contributed by atoms with Gasteiger partial charge in [0.15, 0.2) is 0 Å². The zero-order chi connectivity index (χ0) is 47.1. The molecule has 6 heterocycles. The molecule has 0 bridgehead atoms.